The minimum Gasteiger partial charge on any atom is -0.493 e. The highest BCUT2D eigenvalue weighted by Crippen LogP contribution is 2.52. The average Bonchev–Trinajstić information content (AvgIpc) is 2.76. The number of benzene rings is 2. The van der Waals surface area contributed by atoms with Gasteiger partial charge in [0.1, 0.15) is 23.2 Å². The van der Waals surface area contributed by atoms with Gasteiger partial charge in [0.25, 0.3) is 0 Å². The van der Waals surface area contributed by atoms with Crippen LogP contribution in [0.5, 0.6) is 28.9 Å². The fraction of sp³-hybridized carbons (Fsp3) is 0.182. The summed E-state index contributed by atoms with van der Waals surface area (Å²) in [6, 6.07) is 11.0. The molecular weight excluding hydrogens is 398 g/mol. The number of hydrogen-bond donors (Lipinski definition) is 3. The molecule has 3 aromatic rings. The predicted octanol–water partition coefficient (Wildman–Crippen LogP) is 3.01. The van der Waals surface area contributed by atoms with Gasteiger partial charge in [-0.05, 0) is 23.8 Å². The molecule has 0 amide bonds. The van der Waals surface area contributed by atoms with E-state index in [1.54, 1.807) is 12.1 Å². The Morgan fingerprint density at radius 1 is 1.00 bits per heavy atom. The second-order valence-electron chi connectivity index (χ2n) is 6.91. The third-order valence-electron chi connectivity index (χ3n) is 5.24. The van der Waals surface area contributed by atoms with Crippen LogP contribution >= 0.6 is 0 Å². The summed E-state index contributed by atoms with van der Waals surface area (Å²) in [5, 5.41) is 9.56. The largest absolute Gasteiger partial charge is 0.493 e. The van der Waals surface area contributed by atoms with E-state index in [0.717, 1.165) is 11.1 Å². The van der Waals surface area contributed by atoms with Crippen molar-refractivity contribution < 1.29 is 18.9 Å². The van der Waals surface area contributed by atoms with E-state index in [4.69, 9.17) is 36.1 Å². The van der Waals surface area contributed by atoms with Crippen molar-refractivity contribution in [3.05, 3.63) is 52.6 Å². The number of anilines is 3. The Hall–Kier alpha value is -4.32. The molecule has 0 bridgehead atoms. The quantitative estimate of drug-likeness (QED) is 0.424. The smallest absolute Gasteiger partial charge is 0.227 e. The average molecular weight is 419 g/mol. The van der Waals surface area contributed by atoms with Crippen molar-refractivity contribution in [1.29, 1.82) is 5.26 Å². The van der Waals surface area contributed by atoms with E-state index >= 15 is 0 Å². The van der Waals surface area contributed by atoms with Crippen molar-refractivity contribution in [2.45, 2.75) is 5.92 Å². The molecular formula is C22H21N5O4. The van der Waals surface area contributed by atoms with Crippen LogP contribution in [0.4, 0.5) is 17.2 Å². The van der Waals surface area contributed by atoms with Crippen LogP contribution in [0, 0.1) is 11.3 Å². The molecule has 9 nitrogen and oxygen atoms in total. The molecule has 0 unspecified atom stereocenters. The first-order valence-corrected chi connectivity index (χ1v) is 9.29. The number of nitriles is 1. The van der Waals surface area contributed by atoms with Crippen LogP contribution in [-0.4, -0.2) is 26.3 Å². The van der Waals surface area contributed by atoms with E-state index < -0.39 is 5.92 Å². The summed E-state index contributed by atoms with van der Waals surface area (Å²) in [5.41, 5.74) is 21.2. The van der Waals surface area contributed by atoms with E-state index in [1.807, 2.05) is 24.3 Å². The standard InChI is InChI=1S/C22H21N5O4/c1-28-15-6-10(7-16(29-2)20(15)30-3)17-12-5-4-11(24)8-14(12)31-22-18(17)19(25)13(9-23)21(26)27-22/h4-8,17H,24H2,1-3H3,(H4,25,26,27)/t17-/m1/s1. The fourth-order valence-electron chi connectivity index (χ4n) is 3.84. The van der Waals surface area contributed by atoms with Gasteiger partial charge in [-0.25, -0.2) is 0 Å². The lowest BCUT2D eigenvalue weighted by atomic mass is 9.81. The van der Waals surface area contributed by atoms with Crippen LogP contribution in [-0.2, 0) is 0 Å². The SMILES string of the molecule is COc1cc([C@@H]2c3ccc(N)cc3Oc3nc(N)c(C#N)c(N)c32)cc(OC)c1OC. The van der Waals surface area contributed by atoms with E-state index in [1.165, 1.54) is 21.3 Å². The molecule has 2 aromatic carbocycles. The lowest BCUT2D eigenvalue weighted by molar-refractivity contribution is 0.323. The van der Waals surface area contributed by atoms with Crippen molar-refractivity contribution >= 4 is 17.2 Å². The number of rotatable bonds is 4. The highest BCUT2D eigenvalue weighted by atomic mass is 16.5. The summed E-state index contributed by atoms with van der Waals surface area (Å²) in [6.07, 6.45) is 0. The van der Waals surface area contributed by atoms with Crippen LogP contribution in [0.25, 0.3) is 0 Å². The van der Waals surface area contributed by atoms with Gasteiger partial charge in [0.2, 0.25) is 11.6 Å². The van der Waals surface area contributed by atoms with E-state index in [2.05, 4.69) is 4.98 Å². The number of hydrogen-bond acceptors (Lipinski definition) is 9. The molecule has 0 saturated heterocycles. The molecule has 0 aliphatic carbocycles. The Morgan fingerprint density at radius 2 is 1.68 bits per heavy atom. The number of nitrogens with zero attached hydrogens (tertiary/aromatic N) is 2. The van der Waals surface area contributed by atoms with Gasteiger partial charge in [-0.15, -0.1) is 0 Å². The van der Waals surface area contributed by atoms with Crippen molar-refractivity contribution in [1.82, 2.24) is 4.98 Å². The second-order valence-corrected chi connectivity index (χ2v) is 6.91. The summed E-state index contributed by atoms with van der Waals surface area (Å²) in [5.74, 6) is 1.68. The molecule has 2 heterocycles. The van der Waals surface area contributed by atoms with Gasteiger partial charge in [0, 0.05) is 23.2 Å². The number of methoxy groups -OCH3 is 3. The lowest BCUT2D eigenvalue weighted by Gasteiger charge is -2.30. The number of ether oxygens (including phenoxy) is 4. The monoisotopic (exact) mass is 419 g/mol. The van der Waals surface area contributed by atoms with Gasteiger partial charge >= 0.3 is 0 Å². The van der Waals surface area contributed by atoms with Gasteiger partial charge in [-0.1, -0.05) is 6.07 Å². The summed E-state index contributed by atoms with van der Waals surface area (Å²) < 4.78 is 22.5. The number of fused-ring (bicyclic) bond motifs is 2. The van der Waals surface area contributed by atoms with Crippen molar-refractivity contribution in [3.8, 4) is 34.9 Å². The zero-order valence-corrected chi connectivity index (χ0v) is 17.2. The molecule has 1 aliphatic heterocycles. The minimum atomic E-state index is -0.451. The van der Waals surface area contributed by atoms with Gasteiger partial charge in [0.05, 0.1) is 32.6 Å². The van der Waals surface area contributed by atoms with Gasteiger partial charge in [-0.3, -0.25) is 0 Å². The maximum atomic E-state index is 9.56. The highest BCUT2D eigenvalue weighted by molar-refractivity contribution is 5.76. The molecule has 31 heavy (non-hydrogen) atoms. The summed E-state index contributed by atoms with van der Waals surface area (Å²) >= 11 is 0. The van der Waals surface area contributed by atoms with E-state index in [-0.39, 0.29) is 22.9 Å². The first-order valence-electron chi connectivity index (χ1n) is 9.29. The number of aromatic nitrogens is 1. The second kappa shape index (κ2) is 7.50. The van der Waals surface area contributed by atoms with Gasteiger partial charge in [0.15, 0.2) is 11.5 Å². The Balaban J connectivity index is 2.06. The minimum absolute atomic E-state index is 0.00487. The van der Waals surface area contributed by atoms with E-state index in [0.29, 0.717) is 34.2 Å². The first kappa shape index (κ1) is 20.0. The van der Waals surface area contributed by atoms with Crippen molar-refractivity contribution in [3.63, 3.8) is 0 Å². The zero-order chi connectivity index (χ0) is 22.3. The number of pyridine rings is 1. The highest BCUT2D eigenvalue weighted by Gasteiger charge is 2.35. The third kappa shape index (κ3) is 3.05. The predicted molar refractivity (Wildman–Crippen MR) is 116 cm³/mol. The third-order valence-corrected chi connectivity index (χ3v) is 5.24. The van der Waals surface area contributed by atoms with E-state index in [9.17, 15) is 5.26 Å². The van der Waals surface area contributed by atoms with Crippen LogP contribution in [0.1, 0.15) is 28.2 Å². The maximum absolute atomic E-state index is 9.56. The summed E-state index contributed by atoms with van der Waals surface area (Å²) in [7, 11) is 4.61. The van der Waals surface area contributed by atoms with Gasteiger partial charge < -0.3 is 36.1 Å². The van der Waals surface area contributed by atoms with Crippen LogP contribution in [0.2, 0.25) is 0 Å². The molecule has 4 rings (SSSR count). The van der Waals surface area contributed by atoms with Gasteiger partial charge in [-0.2, -0.15) is 10.2 Å². The number of nitrogen functional groups attached to an aromatic ring is 3. The maximum Gasteiger partial charge on any atom is 0.227 e. The summed E-state index contributed by atoms with van der Waals surface area (Å²) in [6.45, 7) is 0. The lowest BCUT2D eigenvalue weighted by Crippen LogP contribution is -2.17. The first-order chi connectivity index (χ1) is 14.9. The topological polar surface area (TPSA) is 152 Å². The normalized spacial score (nSPS) is 13.9. The molecule has 0 radical (unpaired) electrons. The molecule has 0 fully saturated rings. The Labute approximate surface area is 178 Å². The number of nitrogens with two attached hydrogens (primary N) is 3. The Bertz CT molecular complexity index is 1210. The van der Waals surface area contributed by atoms with Crippen molar-refractivity contribution in [2.75, 3.05) is 38.5 Å². The summed E-state index contributed by atoms with van der Waals surface area (Å²) in [4.78, 5) is 4.29. The molecule has 9 heteroatoms. The molecule has 158 valence electrons. The molecule has 6 N–H and O–H groups in total. The fourth-order valence-corrected chi connectivity index (χ4v) is 3.84. The van der Waals surface area contributed by atoms with Crippen LogP contribution in [0.3, 0.4) is 0 Å². The molecule has 1 atom stereocenters. The zero-order valence-electron chi connectivity index (χ0n) is 17.2. The molecule has 1 aliphatic rings. The van der Waals surface area contributed by atoms with Crippen molar-refractivity contribution in [2.24, 2.45) is 0 Å². The van der Waals surface area contributed by atoms with Crippen LogP contribution in [0.15, 0.2) is 30.3 Å². The Morgan fingerprint density at radius 3 is 2.26 bits per heavy atom. The molecule has 0 saturated carbocycles. The molecule has 0 spiro atoms. The Kier molecular flexibility index (Phi) is 4.83. The van der Waals surface area contributed by atoms with Crippen LogP contribution < -0.4 is 36.1 Å². The molecule has 1 aromatic heterocycles.